The number of nitrogens with one attached hydrogen (secondary N) is 1. The van der Waals surface area contributed by atoms with Gasteiger partial charge in [-0.05, 0) is 69.9 Å². The number of rotatable bonds is 74. The van der Waals surface area contributed by atoms with Gasteiger partial charge < -0.3 is 33.7 Å². The molecule has 0 saturated carbocycles. The summed E-state index contributed by atoms with van der Waals surface area (Å²) >= 11 is 0. The van der Waals surface area contributed by atoms with Gasteiger partial charge in [-0.2, -0.15) is 224 Å². The summed E-state index contributed by atoms with van der Waals surface area (Å²) in [6.07, 6.45) is -22.7. The second kappa shape index (κ2) is 51.3. The van der Waals surface area contributed by atoms with Gasteiger partial charge in [-0.1, -0.05) is 194 Å². The van der Waals surface area contributed by atoms with Gasteiger partial charge in [0.1, 0.15) is 0 Å². The van der Waals surface area contributed by atoms with Gasteiger partial charge >= 0.3 is 143 Å². The van der Waals surface area contributed by atoms with Gasteiger partial charge in [0.05, 0.1) is 39.6 Å². The van der Waals surface area contributed by atoms with Crippen molar-refractivity contribution in [2.24, 2.45) is 0 Å². The summed E-state index contributed by atoms with van der Waals surface area (Å²) in [6, 6.07) is 2.29. The summed E-state index contributed by atoms with van der Waals surface area (Å²) in [5.41, 5.74) is -1.80. The highest BCUT2D eigenvalue weighted by atomic mass is 19.5. The Labute approximate surface area is 790 Å². The molecule has 0 saturated heterocycles. The molecular weight excluding hydrogens is 2120 g/mol. The average molecular weight is 2220 g/mol. The van der Waals surface area contributed by atoms with E-state index in [2.05, 4.69) is 5.32 Å². The number of amides is 1. The molecule has 848 valence electrons. The zero-order chi connectivity index (χ0) is 112. The van der Waals surface area contributed by atoms with Crippen molar-refractivity contribution in [3.63, 3.8) is 0 Å². The van der Waals surface area contributed by atoms with E-state index in [1.165, 1.54) is 0 Å². The third-order valence-electron chi connectivity index (χ3n) is 22.6. The second-order valence-electron chi connectivity index (χ2n) is 34.0. The highest BCUT2D eigenvalue weighted by molar-refractivity contribution is 6.05. The van der Waals surface area contributed by atoms with E-state index >= 15 is 52.7 Å². The molecule has 59 heteroatoms. The van der Waals surface area contributed by atoms with E-state index in [0.29, 0.717) is 44.9 Å². The van der Waals surface area contributed by atoms with Crippen molar-refractivity contribution in [3.05, 3.63) is 29.8 Å². The first-order chi connectivity index (χ1) is 65.2. The quantitative estimate of drug-likeness (QED) is 0.0522. The van der Waals surface area contributed by atoms with E-state index in [1.54, 1.807) is 0 Å². The number of unbranched alkanes of at least 4 members (excludes halogenated alkanes) is 30. The minimum atomic E-state index is -9.16. The van der Waals surface area contributed by atoms with Crippen LogP contribution in [0.1, 0.15) is 282 Å². The second-order valence-corrected chi connectivity index (χ2v) is 34.0. The van der Waals surface area contributed by atoms with Crippen LogP contribution in [0.25, 0.3) is 0 Å². The molecule has 2 aromatic rings. The molecular formula is C85H104F51NO7. The van der Waals surface area contributed by atoms with Gasteiger partial charge in [0.15, 0.2) is 23.0 Å². The van der Waals surface area contributed by atoms with Crippen molar-refractivity contribution in [2.75, 3.05) is 45.0 Å². The minimum absolute atomic E-state index is 0.0913. The molecule has 0 atom stereocenters. The molecule has 0 aliphatic heterocycles. The monoisotopic (exact) mass is 2220 g/mol. The standard InChI is InChI=1S/C85H104F51NO7/c1-4-7-10-13-16-19-22-25-28-34-43-141-57-51-54(52-58(142-44-35-29-26-23-20-17-14-11-8-5-2)60(57)143-47-36-30-27-24-21-18-15-12-9-6-3)137-61(138)53-49-55(139-45-37-31-40-62(86,87)65(92,93)68(98,99)71(104,105)74(110,111)77(116,117)80(122,123)83(128,129)130)59(144-48-39-33-42-64(90,91)67(96,97)70(102,103)73(108,109)76(114,115)79(120,121)82(126,127)85(134,135)136)56(50-53)140-46-38-32-41-63(88,89)66(94,95)69(100,101)72(106,107)75(112,113)78(118,119)81(124,125)84(131,132)133/h49-52H,4-48H2,1-3H3,(H,137,138). The molecule has 0 bridgehead atoms. The van der Waals surface area contributed by atoms with E-state index in [1.807, 2.05) is 20.8 Å². The third kappa shape index (κ3) is 29.3. The third-order valence-corrected chi connectivity index (χ3v) is 22.6. The highest BCUT2D eigenvalue weighted by Crippen LogP contribution is 2.69. The van der Waals surface area contributed by atoms with E-state index in [9.17, 15) is 176 Å². The average Bonchev–Trinajstić information content (AvgIpc) is 0.701. The molecule has 0 radical (unpaired) electrons. The molecule has 2 rings (SSSR count). The van der Waals surface area contributed by atoms with E-state index < -0.39 is 255 Å². The summed E-state index contributed by atoms with van der Waals surface area (Å²) in [7, 11) is 0. The Bertz CT molecular complexity index is 3970. The molecule has 0 heterocycles. The number of ether oxygens (including phenoxy) is 6. The van der Waals surface area contributed by atoms with E-state index in [-0.39, 0.29) is 62.0 Å². The fourth-order valence-electron chi connectivity index (χ4n) is 13.5. The molecule has 1 N–H and O–H groups in total. The van der Waals surface area contributed by atoms with Crippen LogP contribution in [-0.2, 0) is 0 Å². The van der Waals surface area contributed by atoms with Crippen LogP contribution >= 0.6 is 0 Å². The van der Waals surface area contributed by atoms with Gasteiger partial charge in [0.25, 0.3) is 5.91 Å². The van der Waals surface area contributed by atoms with Crippen molar-refractivity contribution in [3.8, 4) is 34.5 Å². The first-order valence-electron chi connectivity index (χ1n) is 44.8. The molecule has 0 aliphatic carbocycles. The first kappa shape index (κ1) is 133. The lowest BCUT2D eigenvalue weighted by atomic mass is 9.88. The maximum absolute atomic E-state index is 15.3. The van der Waals surface area contributed by atoms with Crippen molar-refractivity contribution < 1.29 is 257 Å². The number of anilines is 1. The Morgan fingerprint density at radius 1 is 0.194 bits per heavy atom. The predicted molar refractivity (Wildman–Crippen MR) is 413 cm³/mol. The molecule has 144 heavy (non-hydrogen) atoms. The molecule has 0 unspecified atom stereocenters. The smallest absolute Gasteiger partial charge is 0.460 e. The van der Waals surface area contributed by atoms with E-state index in [4.69, 9.17) is 28.4 Å². The van der Waals surface area contributed by atoms with Crippen LogP contribution in [-0.4, -0.2) is 188 Å². The Morgan fingerprint density at radius 3 is 0.535 bits per heavy atom. The van der Waals surface area contributed by atoms with Crippen LogP contribution in [0, 0.1) is 0 Å². The van der Waals surface area contributed by atoms with Crippen LogP contribution in [0.4, 0.5) is 230 Å². The Hall–Kier alpha value is -6.86. The highest BCUT2D eigenvalue weighted by Gasteiger charge is 2.99. The summed E-state index contributed by atoms with van der Waals surface area (Å²) in [5.74, 6) is -189. The normalized spacial score (nSPS) is 14.6. The van der Waals surface area contributed by atoms with Crippen molar-refractivity contribution in [1.29, 1.82) is 0 Å². The molecule has 2 aromatic carbocycles. The topological polar surface area (TPSA) is 84.5 Å². The molecule has 1 amide bonds. The Morgan fingerprint density at radius 2 is 0.347 bits per heavy atom. The molecule has 0 aromatic heterocycles. The summed E-state index contributed by atoms with van der Waals surface area (Å²) in [6.45, 7) is -0.00965. The molecule has 0 fully saturated rings. The van der Waals surface area contributed by atoms with Crippen LogP contribution in [0.5, 0.6) is 34.5 Å². The van der Waals surface area contributed by atoms with Gasteiger partial charge in [-0.3, -0.25) is 4.79 Å². The maximum Gasteiger partial charge on any atom is 0.460 e. The number of hydrogen-bond donors (Lipinski definition) is 1. The molecule has 8 nitrogen and oxygen atoms in total. The largest absolute Gasteiger partial charge is 0.490 e. The number of halogens is 51. The Kier molecular flexibility index (Phi) is 47.5. The minimum Gasteiger partial charge on any atom is -0.490 e. The van der Waals surface area contributed by atoms with Crippen molar-refractivity contribution >= 4 is 11.6 Å². The fraction of sp³-hybridized carbons (Fsp3) is 0.847. The van der Waals surface area contributed by atoms with E-state index in [0.717, 1.165) is 147 Å². The van der Waals surface area contributed by atoms with Gasteiger partial charge in [0, 0.05) is 42.6 Å². The Balaban J connectivity index is 3.25. The van der Waals surface area contributed by atoms with Gasteiger partial charge in [-0.15, -0.1) is 0 Å². The number of hydrogen-bond acceptors (Lipinski definition) is 7. The number of carbonyl (C=O) groups excluding carboxylic acids is 1. The van der Waals surface area contributed by atoms with Crippen LogP contribution in [0.2, 0.25) is 0 Å². The maximum atomic E-state index is 15.3. The van der Waals surface area contributed by atoms with Gasteiger partial charge in [-0.25, -0.2) is 0 Å². The zero-order valence-corrected chi connectivity index (χ0v) is 76.3. The van der Waals surface area contributed by atoms with Crippen LogP contribution in [0.15, 0.2) is 24.3 Å². The summed E-state index contributed by atoms with van der Waals surface area (Å²) in [5, 5.41) is 2.21. The lowest BCUT2D eigenvalue weighted by Crippen LogP contribution is -2.74. The zero-order valence-electron chi connectivity index (χ0n) is 76.3. The fourth-order valence-corrected chi connectivity index (χ4v) is 13.5. The number of alkyl halides is 51. The predicted octanol–water partition coefficient (Wildman–Crippen LogP) is 35.5. The van der Waals surface area contributed by atoms with Gasteiger partial charge in [0.2, 0.25) is 11.5 Å². The summed E-state index contributed by atoms with van der Waals surface area (Å²) < 4.78 is 759. The SMILES string of the molecule is CCCCCCCCCCCCOc1cc(NC(=O)c2cc(OCCCCC(F)(F)C(F)(F)C(F)(F)C(F)(F)C(F)(F)C(F)(F)C(F)(F)C(F)(F)F)c(OCCCCC(F)(F)C(F)(F)C(F)(F)C(F)(F)C(F)(F)C(F)(F)C(F)(F)C(F)(F)F)c(OCCCCC(F)(F)C(F)(F)C(F)(F)C(F)(F)C(F)(F)C(F)(F)C(F)(F)C(F)(F)F)c2)cc(OCCCCCCCCCCCC)c1OCCCCCCCCCCCC. The van der Waals surface area contributed by atoms with Crippen LogP contribution < -0.4 is 33.7 Å². The lowest BCUT2D eigenvalue weighted by Gasteiger charge is -2.42. The molecule has 0 aliphatic rings. The lowest BCUT2D eigenvalue weighted by molar-refractivity contribution is -0.461. The number of benzene rings is 2. The molecule has 0 spiro atoms. The number of carbonyl (C=O) groups is 1. The van der Waals surface area contributed by atoms with Crippen molar-refractivity contribution in [2.45, 2.75) is 414 Å². The first-order valence-corrected chi connectivity index (χ1v) is 44.8. The van der Waals surface area contributed by atoms with Crippen LogP contribution in [0.3, 0.4) is 0 Å². The van der Waals surface area contributed by atoms with Crippen molar-refractivity contribution in [1.82, 2.24) is 0 Å². The summed E-state index contributed by atoms with van der Waals surface area (Å²) in [4.78, 5) is 14.9.